The Hall–Kier alpha value is -1.35. The molecule has 2 saturated heterocycles. The zero-order valence-electron chi connectivity index (χ0n) is 15.6. The van der Waals surface area contributed by atoms with Gasteiger partial charge in [-0.2, -0.15) is 0 Å². The van der Waals surface area contributed by atoms with E-state index in [4.69, 9.17) is 0 Å². The number of nitrogens with one attached hydrogen (secondary N) is 1. The molecule has 0 aromatic carbocycles. The van der Waals surface area contributed by atoms with Crippen LogP contribution in [0.4, 0.5) is 4.79 Å². The van der Waals surface area contributed by atoms with E-state index in [1.54, 1.807) is 9.80 Å². The van der Waals surface area contributed by atoms with Gasteiger partial charge in [-0.15, -0.1) is 0 Å². The van der Waals surface area contributed by atoms with Gasteiger partial charge in [0.1, 0.15) is 0 Å². The van der Waals surface area contributed by atoms with E-state index < -0.39 is 9.84 Å². The van der Waals surface area contributed by atoms with E-state index in [9.17, 15) is 18.0 Å². The van der Waals surface area contributed by atoms with Crippen molar-refractivity contribution in [3.63, 3.8) is 0 Å². The van der Waals surface area contributed by atoms with Gasteiger partial charge in [0.05, 0.1) is 17.5 Å². The largest absolute Gasteiger partial charge is 0.338 e. The zero-order chi connectivity index (χ0) is 18.8. The van der Waals surface area contributed by atoms with Crippen LogP contribution < -0.4 is 5.32 Å². The van der Waals surface area contributed by atoms with E-state index in [1.807, 2.05) is 32.8 Å². The minimum Gasteiger partial charge on any atom is -0.338 e. The van der Waals surface area contributed by atoms with Crippen molar-refractivity contribution in [3.05, 3.63) is 0 Å². The van der Waals surface area contributed by atoms with Crippen LogP contribution in [-0.4, -0.2) is 98.4 Å². The summed E-state index contributed by atoms with van der Waals surface area (Å²) in [5.41, 5.74) is 0. The minimum atomic E-state index is -3.07. The smallest absolute Gasteiger partial charge is 0.318 e. The number of sulfone groups is 1. The summed E-state index contributed by atoms with van der Waals surface area (Å²) in [7, 11) is 0.762. The van der Waals surface area contributed by atoms with Crippen molar-refractivity contribution in [2.75, 3.05) is 45.2 Å². The molecule has 0 aromatic rings. The number of carbonyl (C=O) groups is 2. The average Bonchev–Trinajstić information content (AvgIpc) is 3.01. The predicted octanol–water partition coefficient (Wildman–Crippen LogP) is -0.244. The third-order valence-electron chi connectivity index (χ3n) is 4.81. The van der Waals surface area contributed by atoms with Crippen LogP contribution in [0.1, 0.15) is 26.7 Å². The van der Waals surface area contributed by atoms with Gasteiger partial charge in [0, 0.05) is 38.1 Å². The van der Waals surface area contributed by atoms with Gasteiger partial charge in [0.2, 0.25) is 5.91 Å². The number of carbonyl (C=O) groups excluding carboxylic acids is 2. The highest BCUT2D eigenvalue weighted by molar-refractivity contribution is 7.91. The lowest BCUT2D eigenvalue weighted by atomic mass is 10.2. The fourth-order valence-electron chi connectivity index (χ4n) is 3.36. The van der Waals surface area contributed by atoms with E-state index in [2.05, 4.69) is 5.32 Å². The molecule has 8 nitrogen and oxygen atoms in total. The van der Waals surface area contributed by atoms with Gasteiger partial charge >= 0.3 is 6.03 Å². The number of urea groups is 1. The van der Waals surface area contributed by atoms with Crippen molar-refractivity contribution in [2.45, 2.75) is 44.8 Å². The SMILES string of the molecule is CC(C)N1CC(NC(=O)N(CCN(C)C)C2CCS(=O)(=O)C2)CC1=O. The van der Waals surface area contributed by atoms with Crippen molar-refractivity contribution >= 4 is 21.8 Å². The molecule has 2 aliphatic rings. The lowest BCUT2D eigenvalue weighted by Gasteiger charge is -2.31. The van der Waals surface area contributed by atoms with E-state index in [0.29, 0.717) is 32.5 Å². The van der Waals surface area contributed by atoms with Crippen LogP contribution in [0.15, 0.2) is 0 Å². The lowest BCUT2D eigenvalue weighted by molar-refractivity contribution is -0.129. The van der Waals surface area contributed by atoms with Crippen LogP contribution in [-0.2, 0) is 14.6 Å². The van der Waals surface area contributed by atoms with Crippen molar-refractivity contribution in [1.29, 1.82) is 0 Å². The molecule has 144 valence electrons. The molecule has 0 aromatic heterocycles. The Morgan fingerprint density at radius 2 is 2.00 bits per heavy atom. The quantitative estimate of drug-likeness (QED) is 0.693. The van der Waals surface area contributed by atoms with Gasteiger partial charge in [-0.05, 0) is 34.4 Å². The number of likely N-dealkylation sites (tertiary alicyclic amines) is 1. The van der Waals surface area contributed by atoms with Crippen molar-refractivity contribution in [2.24, 2.45) is 0 Å². The number of hydrogen-bond acceptors (Lipinski definition) is 5. The highest BCUT2D eigenvalue weighted by Gasteiger charge is 2.37. The van der Waals surface area contributed by atoms with Crippen LogP contribution in [0.5, 0.6) is 0 Å². The maximum absolute atomic E-state index is 12.8. The molecule has 2 unspecified atom stereocenters. The minimum absolute atomic E-state index is 0.0234. The van der Waals surface area contributed by atoms with Crippen LogP contribution in [0.25, 0.3) is 0 Å². The molecular weight excluding hydrogens is 344 g/mol. The fourth-order valence-corrected chi connectivity index (χ4v) is 5.09. The number of amides is 3. The number of hydrogen-bond donors (Lipinski definition) is 1. The molecule has 2 fully saturated rings. The summed E-state index contributed by atoms with van der Waals surface area (Å²) in [6.45, 7) is 5.54. The standard InChI is InChI=1S/C16H30N4O4S/c1-12(2)20-10-13(9-15(20)21)17-16(22)19(7-6-18(3)4)14-5-8-25(23,24)11-14/h12-14H,5-11H2,1-4H3,(H,17,22). The third kappa shape index (κ3) is 5.31. The van der Waals surface area contributed by atoms with Crippen molar-refractivity contribution < 1.29 is 18.0 Å². The first-order valence-corrected chi connectivity index (χ1v) is 10.6. The molecule has 0 aliphatic carbocycles. The Balaban J connectivity index is 2.01. The second kappa shape index (κ2) is 7.90. The fraction of sp³-hybridized carbons (Fsp3) is 0.875. The summed E-state index contributed by atoms with van der Waals surface area (Å²) in [5, 5.41) is 2.93. The monoisotopic (exact) mass is 374 g/mol. The van der Waals surface area contributed by atoms with Crippen LogP contribution in [0.3, 0.4) is 0 Å². The predicted molar refractivity (Wildman–Crippen MR) is 96.1 cm³/mol. The van der Waals surface area contributed by atoms with Crippen molar-refractivity contribution in [3.8, 4) is 0 Å². The second-order valence-corrected chi connectivity index (χ2v) is 9.77. The molecule has 2 heterocycles. The third-order valence-corrected chi connectivity index (χ3v) is 6.56. The van der Waals surface area contributed by atoms with Gasteiger partial charge < -0.3 is 20.0 Å². The van der Waals surface area contributed by atoms with E-state index in [1.165, 1.54) is 0 Å². The first-order chi connectivity index (χ1) is 11.6. The molecule has 0 saturated carbocycles. The van der Waals surface area contributed by atoms with E-state index in [0.717, 1.165) is 0 Å². The van der Waals surface area contributed by atoms with Gasteiger partial charge in [-0.3, -0.25) is 4.79 Å². The molecule has 2 aliphatic heterocycles. The molecule has 0 radical (unpaired) electrons. The maximum Gasteiger partial charge on any atom is 0.318 e. The summed E-state index contributed by atoms with van der Waals surface area (Å²) in [5.74, 6) is 0.200. The molecule has 2 rings (SSSR count). The molecule has 9 heteroatoms. The molecular formula is C16H30N4O4S. The number of rotatable bonds is 6. The Morgan fingerprint density at radius 3 is 2.48 bits per heavy atom. The van der Waals surface area contributed by atoms with Crippen LogP contribution in [0, 0.1) is 0 Å². The summed E-state index contributed by atoms with van der Waals surface area (Å²) in [6.07, 6.45) is 0.777. The Bertz CT molecular complexity index is 605. The normalized spacial score (nSPS) is 25.8. The number of nitrogens with zero attached hydrogens (tertiary/aromatic N) is 3. The first-order valence-electron chi connectivity index (χ1n) is 8.81. The second-order valence-electron chi connectivity index (χ2n) is 7.54. The molecule has 3 amide bonds. The Morgan fingerprint density at radius 1 is 1.32 bits per heavy atom. The Labute approximate surface area is 150 Å². The number of likely N-dealkylation sites (N-methyl/N-ethyl adjacent to an activating group) is 1. The summed E-state index contributed by atoms with van der Waals surface area (Å²) < 4.78 is 23.6. The van der Waals surface area contributed by atoms with Gasteiger partial charge in [0.25, 0.3) is 0 Å². The molecule has 0 bridgehead atoms. The van der Waals surface area contributed by atoms with Crippen molar-refractivity contribution in [1.82, 2.24) is 20.0 Å². The highest BCUT2D eigenvalue weighted by atomic mass is 32.2. The first kappa shape index (κ1) is 20.0. The molecule has 2 atom stereocenters. The highest BCUT2D eigenvalue weighted by Crippen LogP contribution is 2.19. The van der Waals surface area contributed by atoms with E-state index >= 15 is 0 Å². The van der Waals surface area contributed by atoms with E-state index in [-0.39, 0.29) is 41.6 Å². The zero-order valence-corrected chi connectivity index (χ0v) is 16.4. The van der Waals surface area contributed by atoms with Gasteiger partial charge in [-0.25, -0.2) is 13.2 Å². The topological polar surface area (TPSA) is 90.0 Å². The lowest BCUT2D eigenvalue weighted by Crippen LogP contribution is -2.52. The Kier molecular flexibility index (Phi) is 6.31. The van der Waals surface area contributed by atoms with Gasteiger partial charge in [-0.1, -0.05) is 0 Å². The molecule has 25 heavy (non-hydrogen) atoms. The van der Waals surface area contributed by atoms with Crippen LogP contribution >= 0.6 is 0 Å². The summed E-state index contributed by atoms with van der Waals surface area (Å²) >= 11 is 0. The average molecular weight is 375 g/mol. The maximum atomic E-state index is 12.8. The molecule has 0 spiro atoms. The van der Waals surface area contributed by atoms with Gasteiger partial charge in [0.15, 0.2) is 9.84 Å². The molecule has 1 N–H and O–H groups in total. The summed E-state index contributed by atoms with van der Waals surface area (Å²) in [4.78, 5) is 30.1. The van der Waals surface area contributed by atoms with Crippen LogP contribution in [0.2, 0.25) is 0 Å². The summed E-state index contributed by atoms with van der Waals surface area (Å²) in [6, 6.07) is -0.669.